The molecule has 0 aliphatic heterocycles. The highest BCUT2D eigenvalue weighted by atomic mass is 127. The van der Waals surface area contributed by atoms with Crippen LogP contribution in [-0.4, -0.2) is 44.2 Å². The van der Waals surface area contributed by atoms with Gasteiger partial charge in [0.2, 0.25) is 0 Å². The van der Waals surface area contributed by atoms with Gasteiger partial charge in [-0.1, -0.05) is 31.4 Å². The topological polar surface area (TPSA) is 74.8 Å². The largest absolute Gasteiger partial charge is 0.378 e. The molecule has 1 aliphatic carbocycles. The third kappa shape index (κ3) is 10.3. The van der Waals surface area contributed by atoms with E-state index >= 15 is 0 Å². The van der Waals surface area contributed by atoms with Crippen LogP contribution in [0.4, 0.5) is 0 Å². The average molecular weight is 516 g/mol. The van der Waals surface area contributed by atoms with Crippen molar-refractivity contribution in [2.24, 2.45) is 4.99 Å². The van der Waals surface area contributed by atoms with Gasteiger partial charge >= 0.3 is 0 Å². The van der Waals surface area contributed by atoms with Gasteiger partial charge in [0.15, 0.2) is 5.96 Å². The van der Waals surface area contributed by atoms with E-state index < -0.39 is 0 Å². The Kier molecular flexibility index (Phi) is 13.7. The summed E-state index contributed by atoms with van der Waals surface area (Å²) in [5.74, 6) is 0.750. The number of guanidine groups is 1. The van der Waals surface area contributed by atoms with E-state index in [2.05, 4.69) is 27.9 Å². The first-order chi connectivity index (χ1) is 13.7. The van der Waals surface area contributed by atoms with E-state index in [1.54, 1.807) is 0 Å². The van der Waals surface area contributed by atoms with Crippen molar-refractivity contribution in [2.75, 3.05) is 26.2 Å². The van der Waals surface area contributed by atoms with Gasteiger partial charge in [-0.25, -0.2) is 4.99 Å². The molecule has 0 unspecified atom stereocenters. The lowest BCUT2D eigenvalue weighted by Crippen LogP contribution is -2.38. The normalized spacial score (nSPS) is 14.8. The Morgan fingerprint density at radius 1 is 1.10 bits per heavy atom. The van der Waals surface area contributed by atoms with Gasteiger partial charge in [0.05, 0.1) is 12.6 Å². The first-order valence-corrected chi connectivity index (χ1v) is 10.7. The summed E-state index contributed by atoms with van der Waals surface area (Å²) in [4.78, 5) is 16.6. The molecule has 7 heteroatoms. The maximum atomic E-state index is 12.0. The fourth-order valence-corrected chi connectivity index (χ4v) is 3.35. The number of hydrogen-bond donors (Lipinski definition) is 3. The summed E-state index contributed by atoms with van der Waals surface area (Å²) < 4.78 is 5.97. The second-order valence-corrected chi connectivity index (χ2v) is 7.17. The summed E-state index contributed by atoms with van der Waals surface area (Å²) in [6.45, 7) is 7.56. The minimum absolute atomic E-state index is 0. The van der Waals surface area contributed by atoms with Crippen LogP contribution in [0.3, 0.4) is 0 Å². The van der Waals surface area contributed by atoms with E-state index in [1.165, 1.54) is 32.1 Å². The molecule has 1 fully saturated rings. The van der Waals surface area contributed by atoms with Crippen molar-refractivity contribution in [3.8, 4) is 0 Å². The molecule has 0 radical (unpaired) electrons. The lowest BCUT2D eigenvalue weighted by molar-refractivity contribution is 0.0277. The van der Waals surface area contributed by atoms with Gasteiger partial charge in [0.25, 0.3) is 5.91 Å². The van der Waals surface area contributed by atoms with Gasteiger partial charge in [-0.3, -0.25) is 4.79 Å². The zero-order valence-electron chi connectivity index (χ0n) is 17.8. The Balaban J connectivity index is 0.00000420. The molecule has 6 nitrogen and oxygen atoms in total. The fourth-order valence-electron chi connectivity index (χ4n) is 3.35. The zero-order chi connectivity index (χ0) is 20.0. The molecule has 0 atom stereocenters. The van der Waals surface area contributed by atoms with Crippen molar-refractivity contribution in [3.05, 3.63) is 35.4 Å². The second-order valence-electron chi connectivity index (χ2n) is 7.17. The molecule has 164 valence electrons. The molecule has 29 heavy (non-hydrogen) atoms. The highest BCUT2D eigenvalue weighted by Gasteiger charge is 2.13. The van der Waals surface area contributed by atoms with Gasteiger partial charge in [-0.05, 0) is 50.8 Å². The minimum atomic E-state index is -0.0451. The number of rotatable bonds is 10. The first-order valence-electron chi connectivity index (χ1n) is 10.7. The number of nitrogens with zero attached hydrogens (tertiary/aromatic N) is 1. The van der Waals surface area contributed by atoms with E-state index in [-0.39, 0.29) is 29.9 Å². The van der Waals surface area contributed by atoms with Crippen molar-refractivity contribution in [1.82, 2.24) is 16.0 Å². The molecule has 0 saturated heterocycles. The summed E-state index contributed by atoms with van der Waals surface area (Å²) >= 11 is 0. The molecular formula is C22H37IN4O2. The second kappa shape index (κ2) is 15.5. The Morgan fingerprint density at radius 2 is 1.86 bits per heavy atom. The third-order valence-corrected chi connectivity index (χ3v) is 4.81. The number of nitrogens with one attached hydrogen (secondary N) is 3. The minimum Gasteiger partial charge on any atom is -0.378 e. The van der Waals surface area contributed by atoms with Crippen LogP contribution in [0, 0.1) is 0 Å². The molecule has 3 N–H and O–H groups in total. The standard InChI is InChI=1S/C22H36N4O2.HI/c1-3-23-21(27)19-11-8-10-18(16-19)17-26-22(24-4-2)25-14-9-15-28-20-12-6-5-7-13-20;/h8,10-11,16,20H,3-7,9,12-15,17H2,1-2H3,(H,23,27)(H2,24,25,26);1H. The smallest absolute Gasteiger partial charge is 0.251 e. The van der Waals surface area contributed by atoms with Crippen molar-refractivity contribution in [1.29, 1.82) is 0 Å². The molecule has 2 rings (SSSR count). The van der Waals surface area contributed by atoms with Gasteiger partial charge in [0, 0.05) is 31.8 Å². The molecule has 0 spiro atoms. The Labute approximate surface area is 192 Å². The molecule has 1 aliphatic rings. The summed E-state index contributed by atoms with van der Waals surface area (Å²) in [5, 5.41) is 9.46. The number of amides is 1. The maximum absolute atomic E-state index is 12.0. The SMILES string of the molecule is CCNC(=O)c1cccc(CN=C(NCC)NCCCOC2CCCCC2)c1.I. The lowest BCUT2D eigenvalue weighted by Gasteiger charge is -2.22. The molecule has 1 amide bonds. The predicted octanol–water partition coefficient (Wildman–Crippen LogP) is 3.85. The van der Waals surface area contributed by atoms with Crippen molar-refractivity contribution in [2.45, 2.75) is 65.0 Å². The van der Waals surface area contributed by atoms with E-state index in [9.17, 15) is 4.79 Å². The molecular weight excluding hydrogens is 479 g/mol. The number of benzene rings is 1. The zero-order valence-corrected chi connectivity index (χ0v) is 20.2. The third-order valence-electron chi connectivity index (χ3n) is 4.81. The Morgan fingerprint density at radius 3 is 2.59 bits per heavy atom. The summed E-state index contributed by atoms with van der Waals surface area (Å²) in [5.41, 5.74) is 1.69. The van der Waals surface area contributed by atoms with E-state index in [0.717, 1.165) is 37.6 Å². The van der Waals surface area contributed by atoms with Crippen LogP contribution in [0.1, 0.15) is 68.3 Å². The monoisotopic (exact) mass is 516 g/mol. The van der Waals surface area contributed by atoms with Crippen LogP contribution in [0.25, 0.3) is 0 Å². The highest BCUT2D eigenvalue weighted by Crippen LogP contribution is 2.20. The van der Waals surface area contributed by atoms with Gasteiger partial charge in [-0.2, -0.15) is 0 Å². The number of carbonyl (C=O) groups excluding carboxylic acids is 1. The van der Waals surface area contributed by atoms with Crippen LogP contribution in [0.2, 0.25) is 0 Å². The van der Waals surface area contributed by atoms with Crippen molar-refractivity contribution >= 4 is 35.8 Å². The van der Waals surface area contributed by atoms with Crippen LogP contribution < -0.4 is 16.0 Å². The Hall–Kier alpha value is -1.35. The molecule has 0 bridgehead atoms. The van der Waals surface area contributed by atoms with Crippen molar-refractivity contribution in [3.63, 3.8) is 0 Å². The van der Waals surface area contributed by atoms with E-state index in [1.807, 2.05) is 31.2 Å². The van der Waals surface area contributed by atoms with Gasteiger partial charge < -0.3 is 20.7 Å². The summed E-state index contributed by atoms with van der Waals surface area (Å²) in [7, 11) is 0. The fraction of sp³-hybridized carbons (Fsp3) is 0.636. The van der Waals surface area contributed by atoms with Crippen LogP contribution in [0.15, 0.2) is 29.3 Å². The van der Waals surface area contributed by atoms with E-state index in [4.69, 9.17) is 4.74 Å². The lowest BCUT2D eigenvalue weighted by atomic mass is 9.98. The van der Waals surface area contributed by atoms with E-state index in [0.29, 0.717) is 24.8 Å². The Bertz CT molecular complexity index is 619. The molecule has 1 saturated carbocycles. The summed E-state index contributed by atoms with van der Waals surface area (Å²) in [6, 6.07) is 7.62. The van der Waals surface area contributed by atoms with Crippen LogP contribution in [0.5, 0.6) is 0 Å². The number of carbonyl (C=O) groups is 1. The number of ether oxygens (including phenoxy) is 1. The predicted molar refractivity (Wildman–Crippen MR) is 130 cm³/mol. The first kappa shape index (κ1) is 25.7. The van der Waals surface area contributed by atoms with Crippen molar-refractivity contribution < 1.29 is 9.53 Å². The van der Waals surface area contributed by atoms with Crippen LogP contribution >= 0.6 is 24.0 Å². The maximum Gasteiger partial charge on any atom is 0.251 e. The molecule has 1 aromatic rings. The molecule has 0 heterocycles. The van der Waals surface area contributed by atoms with Gasteiger partial charge in [0.1, 0.15) is 0 Å². The summed E-state index contributed by atoms with van der Waals surface area (Å²) in [6.07, 6.45) is 7.83. The number of hydrogen-bond acceptors (Lipinski definition) is 3. The highest BCUT2D eigenvalue weighted by molar-refractivity contribution is 14.0. The van der Waals surface area contributed by atoms with Gasteiger partial charge in [-0.15, -0.1) is 24.0 Å². The molecule has 0 aromatic heterocycles. The quantitative estimate of drug-likeness (QED) is 0.191. The number of aliphatic imine (C=N–C) groups is 1. The average Bonchev–Trinajstić information content (AvgIpc) is 2.73. The van der Waals surface area contributed by atoms with Crippen LogP contribution in [-0.2, 0) is 11.3 Å². The number of halogens is 1. The molecule has 1 aromatic carbocycles.